The van der Waals surface area contributed by atoms with Gasteiger partial charge in [-0.3, -0.25) is 0 Å². The number of hydrogen-bond acceptors (Lipinski definition) is 0. The van der Waals surface area contributed by atoms with E-state index in [1.165, 1.54) is 82.0 Å². The van der Waals surface area contributed by atoms with Crippen molar-refractivity contribution in [2.24, 2.45) is 0 Å². The second-order valence-electron chi connectivity index (χ2n) is 13.1. The fraction of sp³-hybridized carbons (Fsp3) is 0.156. The van der Waals surface area contributed by atoms with E-state index < -0.39 is 0 Å². The van der Waals surface area contributed by atoms with E-state index in [9.17, 15) is 0 Å². The molecule has 0 aliphatic heterocycles. The zero-order valence-electron chi connectivity index (χ0n) is 29.1. The number of fused-ring (bicyclic) bond motifs is 4. The van der Waals surface area contributed by atoms with Crippen molar-refractivity contribution in [1.29, 1.82) is 0 Å². The van der Waals surface area contributed by atoms with Gasteiger partial charge in [0.05, 0.1) is 0 Å². The average Bonchev–Trinajstić information content (AvgIpc) is 3.69. The number of benzene rings is 6. The molecule has 0 spiro atoms. The van der Waals surface area contributed by atoms with Crippen molar-refractivity contribution in [2.75, 3.05) is 0 Å². The van der Waals surface area contributed by atoms with Crippen LogP contribution in [0, 0.1) is 13.8 Å². The molecule has 0 unspecified atom stereocenters. The first-order valence-corrected chi connectivity index (χ1v) is 28.2. The monoisotopic (exact) mass is 816 g/mol. The van der Waals surface area contributed by atoms with Crippen LogP contribution in [0.3, 0.4) is 0 Å². The molecule has 0 amide bonds. The van der Waals surface area contributed by atoms with Crippen LogP contribution in [0.4, 0.5) is 0 Å². The second kappa shape index (κ2) is 17.3. The summed E-state index contributed by atoms with van der Waals surface area (Å²) in [6, 6.07) is 50.8. The van der Waals surface area contributed by atoms with Crippen LogP contribution in [0.5, 0.6) is 0 Å². The topological polar surface area (TPSA) is 0 Å². The minimum atomic E-state index is -0.243. The predicted octanol–water partition coefficient (Wildman–Crippen LogP) is 7.29. The van der Waals surface area contributed by atoms with Gasteiger partial charge in [-0.2, -0.15) is 12.1 Å². The summed E-state index contributed by atoms with van der Waals surface area (Å²) in [5.74, 6) is 5.31. The molecule has 246 valence electrons. The largest absolute Gasteiger partial charge is 1.00 e. The third-order valence-electron chi connectivity index (χ3n) is 8.85. The number of rotatable bonds is 3. The summed E-state index contributed by atoms with van der Waals surface area (Å²) >= 11 is 1.80. The van der Waals surface area contributed by atoms with E-state index >= 15 is 0 Å². The van der Waals surface area contributed by atoms with Gasteiger partial charge in [0, 0.05) is 0 Å². The number of hydrogen-bond donors (Lipinski definition) is 0. The van der Waals surface area contributed by atoms with Crippen LogP contribution in [0.25, 0.3) is 65.3 Å². The zero-order valence-corrected chi connectivity index (χ0v) is 35.2. The predicted molar refractivity (Wildman–Crippen MR) is 206 cm³/mol. The van der Waals surface area contributed by atoms with Gasteiger partial charge in [-0.1, -0.05) is 136 Å². The molecule has 0 aliphatic rings. The van der Waals surface area contributed by atoms with Crippen LogP contribution in [-0.4, -0.2) is 9.98 Å². The maximum Gasteiger partial charge on any atom is -1.00 e. The Morgan fingerprint density at radius 2 is 1.00 bits per heavy atom. The molecule has 0 nitrogen and oxygen atoms in total. The Morgan fingerprint density at radius 3 is 1.55 bits per heavy atom. The van der Waals surface area contributed by atoms with Crippen molar-refractivity contribution in [1.82, 2.24) is 0 Å². The van der Waals surface area contributed by atoms with Crippen LogP contribution in [0.1, 0.15) is 36.5 Å². The van der Waals surface area contributed by atoms with E-state index in [1.54, 1.807) is 21.6 Å². The van der Waals surface area contributed by atoms with Gasteiger partial charge in [-0.25, -0.2) is 0 Å². The quantitative estimate of drug-likeness (QED) is 0.130. The van der Waals surface area contributed by atoms with Crippen LogP contribution in [0.15, 0.2) is 140 Å². The van der Waals surface area contributed by atoms with Crippen LogP contribution >= 0.6 is 0 Å². The smallest absolute Gasteiger partial charge is 1.00 e. The van der Waals surface area contributed by atoms with Crippen molar-refractivity contribution >= 4 is 53.1 Å². The molecule has 0 saturated heterocycles. The summed E-state index contributed by atoms with van der Waals surface area (Å²) in [7, 11) is -0.243. The summed E-state index contributed by atoms with van der Waals surface area (Å²) in [5.41, 5.74) is 9.42. The van der Waals surface area contributed by atoms with Crippen molar-refractivity contribution in [3.05, 3.63) is 156 Å². The maximum absolute atomic E-state index is 2.37. The van der Waals surface area contributed by atoms with Gasteiger partial charge in [0.15, 0.2) is 0 Å². The van der Waals surface area contributed by atoms with Crippen LogP contribution in [-0.2, 0) is 21.6 Å². The second-order valence-corrected chi connectivity index (χ2v) is 30.1. The molecular formula is C45H42Cl2GeZr-2. The Morgan fingerprint density at radius 1 is 0.531 bits per heavy atom. The van der Waals surface area contributed by atoms with E-state index in [0.29, 0.717) is 5.92 Å². The van der Waals surface area contributed by atoms with Crippen LogP contribution in [0.2, 0.25) is 11.5 Å². The summed E-state index contributed by atoms with van der Waals surface area (Å²) < 4.78 is 0. The molecule has 0 N–H and O–H groups in total. The summed E-state index contributed by atoms with van der Waals surface area (Å²) in [5, 5.41) is 10.7. The molecule has 8 rings (SSSR count). The Bertz CT molecular complexity index is 2340. The first-order chi connectivity index (χ1) is 22.7. The third-order valence-corrected chi connectivity index (χ3v) is 8.85. The van der Waals surface area contributed by atoms with Crippen molar-refractivity contribution in [3.63, 3.8) is 0 Å². The molecule has 8 aromatic carbocycles. The first kappa shape index (κ1) is 38.9. The third kappa shape index (κ3) is 8.69. The molecule has 0 aromatic heterocycles. The molecule has 0 atom stereocenters. The van der Waals surface area contributed by atoms with Gasteiger partial charge in [-0.05, 0) is 38.6 Å². The van der Waals surface area contributed by atoms with E-state index in [2.05, 4.69) is 179 Å². The summed E-state index contributed by atoms with van der Waals surface area (Å²) in [6.07, 6.45) is 0. The first-order valence-electron chi connectivity index (χ1n) is 16.6. The fourth-order valence-electron chi connectivity index (χ4n) is 6.57. The van der Waals surface area contributed by atoms with Gasteiger partial charge in [0.2, 0.25) is 0 Å². The van der Waals surface area contributed by atoms with E-state index in [4.69, 9.17) is 0 Å². The SMILES string of the molecule is CC(C)c1cc2c(-c3cccc4ccccc34)cccc2[cH-]1.Cc1cc2c(-c3cccc4ccccc34)ccc(C)c2[cH-]1.[CH3][Ge]([CH3])=[Zr+2].[Cl-].[Cl-]. The van der Waals surface area contributed by atoms with Gasteiger partial charge in [0.25, 0.3) is 0 Å². The molecule has 49 heavy (non-hydrogen) atoms. The van der Waals surface area contributed by atoms with Crippen molar-refractivity contribution in [2.45, 2.75) is 45.1 Å². The standard InChI is InChI=1S/C22H19.C21H17.C2H6Ge.2ClH.Zr/c1-15(2)18-13-17-9-6-12-21(22(17)14-18)20-11-5-8-16-7-3-4-10-19(16)20;1-14-12-20-15(2)10-11-19(21(20)13-14)18-9-5-7-16-6-3-4-8-17(16)18;1-3-2;;;/h3-15H,1-2H3;3-13H,1-2H3;1-2H3;2*1H;/q2*-1;;;;+2/p-2. The van der Waals surface area contributed by atoms with Crippen molar-refractivity contribution in [3.8, 4) is 22.3 Å². The number of aryl methyl sites for hydroxylation is 2. The molecule has 0 saturated carbocycles. The van der Waals surface area contributed by atoms with E-state index in [0.717, 1.165) is 0 Å². The minimum absolute atomic E-state index is 0. The average molecular weight is 818 g/mol. The van der Waals surface area contributed by atoms with Crippen molar-refractivity contribution < 1.29 is 46.4 Å². The van der Waals surface area contributed by atoms with Gasteiger partial charge in [0.1, 0.15) is 0 Å². The normalized spacial score (nSPS) is 10.6. The Labute approximate surface area is 320 Å². The van der Waals surface area contributed by atoms with Crippen LogP contribution < -0.4 is 24.8 Å². The zero-order chi connectivity index (χ0) is 33.1. The van der Waals surface area contributed by atoms with Gasteiger partial charge >= 0.3 is 43.1 Å². The van der Waals surface area contributed by atoms with Gasteiger partial charge < -0.3 is 24.8 Å². The molecule has 8 aromatic rings. The summed E-state index contributed by atoms with van der Waals surface area (Å²) in [6.45, 7) is 8.87. The molecule has 0 aliphatic carbocycles. The number of halogens is 2. The molecule has 0 fully saturated rings. The minimum Gasteiger partial charge on any atom is -1.00 e. The molecule has 0 bridgehead atoms. The summed E-state index contributed by atoms with van der Waals surface area (Å²) in [4.78, 5) is 0. The fourth-order valence-corrected chi connectivity index (χ4v) is 6.57. The Hall–Kier alpha value is -2.93. The van der Waals surface area contributed by atoms with E-state index in [1.807, 2.05) is 0 Å². The Kier molecular flexibility index (Phi) is 13.7. The molecule has 4 heteroatoms. The van der Waals surface area contributed by atoms with Gasteiger partial charge in [-0.15, -0.1) is 68.6 Å². The Balaban J connectivity index is 0.000000192. The molecule has 0 heterocycles. The maximum atomic E-state index is 2.37. The molecular weight excluding hydrogens is 775 g/mol. The van der Waals surface area contributed by atoms with E-state index in [-0.39, 0.29) is 34.8 Å². The molecule has 0 radical (unpaired) electrons.